The second-order valence-corrected chi connectivity index (χ2v) is 12.5. The lowest BCUT2D eigenvalue weighted by atomic mass is 9.71. The van der Waals surface area contributed by atoms with Crippen molar-refractivity contribution in [3.8, 4) is 11.3 Å². The number of rotatable bonds is 4. The molecule has 4 nitrogen and oxygen atoms in total. The lowest BCUT2D eigenvalue weighted by molar-refractivity contribution is -0.605. The fourth-order valence-electron chi connectivity index (χ4n) is 6.78. The van der Waals surface area contributed by atoms with Crippen LogP contribution in [0, 0.1) is 5.41 Å². The van der Waals surface area contributed by atoms with Crippen molar-refractivity contribution in [2.24, 2.45) is 5.41 Å². The molecule has 4 aromatic rings. The molecule has 4 heterocycles. The maximum Gasteiger partial charge on any atom is 0.292 e. The van der Waals surface area contributed by atoms with Crippen molar-refractivity contribution in [2.45, 2.75) is 59.3 Å². The van der Waals surface area contributed by atoms with Crippen LogP contribution in [0.4, 0.5) is 0 Å². The average Bonchev–Trinajstić information content (AvgIpc) is 3.26. The number of benzene rings is 2. The Balaban J connectivity index is 1.69. The summed E-state index contributed by atoms with van der Waals surface area (Å²) in [6.45, 7) is 12.6. The third-order valence-corrected chi connectivity index (χ3v) is 9.18. The molecule has 0 saturated carbocycles. The van der Waals surface area contributed by atoms with E-state index in [1.807, 2.05) is 6.33 Å². The smallest absolute Gasteiger partial charge is 0.292 e. The Labute approximate surface area is 245 Å². The SMILES string of the molecule is CCC1(CC)C([n+]2ccccc2C2=CC(C(C)(C)C)=CCCN2C)=C[n+]2cnc3ccccc3c2-c2ccccc21. The van der Waals surface area contributed by atoms with Crippen LogP contribution in [0.3, 0.4) is 0 Å². The molecule has 0 radical (unpaired) electrons. The van der Waals surface area contributed by atoms with Crippen LogP contribution in [0.5, 0.6) is 0 Å². The summed E-state index contributed by atoms with van der Waals surface area (Å²) < 4.78 is 4.72. The van der Waals surface area contributed by atoms with Crippen LogP contribution in [0.1, 0.15) is 65.1 Å². The van der Waals surface area contributed by atoms with E-state index in [-0.39, 0.29) is 10.8 Å². The van der Waals surface area contributed by atoms with E-state index in [0.29, 0.717) is 0 Å². The molecule has 0 spiro atoms. The molecule has 0 atom stereocenters. The highest BCUT2D eigenvalue weighted by Gasteiger charge is 2.46. The predicted octanol–water partition coefficient (Wildman–Crippen LogP) is 7.65. The molecule has 2 aromatic carbocycles. The van der Waals surface area contributed by atoms with Gasteiger partial charge in [-0.05, 0) is 65.1 Å². The van der Waals surface area contributed by atoms with Gasteiger partial charge in [-0.3, -0.25) is 0 Å². The molecule has 208 valence electrons. The van der Waals surface area contributed by atoms with Crippen LogP contribution in [0.15, 0.2) is 97.0 Å². The first kappa shape index (κ1) is 27.1. The topological polar surface area (TPSA) is 23.9 Å². The van der Waals surface area contributed by atoms with Crippen molar-refractivity contribution >= 4 is 28.5 Å². The Hall–Kier alpha value is -4.05. The molecule has 6 rings (SSSR count). The maximum absolute atomic E-state index is 4.89. The van der Waals surface area contributed by atoms with E-state index in [1.165, 1.54) is 44.9 Å². The third kappa shape index (κ3) is 4.50. The summed E-state index contributed by atoms with van der Waals surface area (Å²) in [7, 11) is 2.23. The van der Waals surface area contributed by atoms with Crippen molar-refractivity contribution in [1.29, 1.82) is 0 Å². The summed E-state index contributed by atoms with van der Waals surface area (Å²) in [5.41, 5.74) is 9.88. The molecule has 0 fully saturated rings. The largest absolute Gasteiger partial charge is 0.369 e. The van der Waals surface area contributed by atoms with Gasteiger partial charge in [-0.15, -0.1) is 0 Å². The number of fused-ring (bicyclic) bond motifs is 5. The van der Waals surface area contributed by atoms with Gasteiger partial charge in [-0.2, -0.15) is 9.13 Å². The molecule has 0 N–H and O–H groups in total. The highest BCUT2D eigenvalue weighted by Crippen LogP contribution is 2.46. The van der Waals surface area contributed by atoms with Gasteiger partial charge >= 0.3 is 0 Å². The first-order chi connectivity index (χ1) is 19.8. The number of hydrogen-bond donors (Lipinski definition) is 0. The molecule has 41 heavy (non-hydrogen) atoms. The van der Waals surface area contributed by atoms with Gasteiger partial charge in [0.1, 0.15) is 5.70 Å². The van der Waals surface area contributed by atoms with Crippen molar-refractivity contribution in [1.82, 2.24) is 9.88 Å². The zero-order valence-corrected chi connectivity index (χ0v) is 25.4. The van der Waals surface area contributed by atoms with Gasteiger partial charge in [0, 0.05) is 31.3 Å². The molecule has 0 aliphatic carbocycles. The molecule has 0 amide bonds. The van der Waals surface area contributed by atoms with Gasteiger partial charge in [0.2, 0.25) is 11.4 Å². The van der Waals surface area contributed by atoms with E-state index in [1.54, 1.807) is 0 Å². The highest BCUT2D eigenvalue weighted by molar-refractivity contribution is 5.93. The van der Waals surface area contributed by atoms with Crippen LogP contribution in [-0.4, -0.2) is 23.5 Å². The highest BCUT2D eigenvalue weighted by atomic mass is 15.1. The molecule has 0 saturated heterocycles. The van der Waals surface area contributed by atoms with E-state index in [4.69, 9.17) is 4.98 Å². The Kier molecular flexibility index (Phi) is 6.89. The minimum Gasteiger partial charge on any atom is -0.369 e. The number of para-hydroxylation sites is 1. The van der Waals surface area contributed by atoms with Crippen LogP contribution in [-0.2, 0) is 5.41 Å². The van der Waals surface area contributed by atoms with E-state index in [2.05, 4.69) is 147 Å². The second kappa shape index (κ2) is 10.4. The van der Waals surface area contributed by atoms with E-state index in [0.717, 1.165) is 31.3 Å². The van der Waals surface area contributed by atoms with Crippen molar-refractivity contribution in [3.63, 3.8) is 0 Å². The Bertz CT molecular complexity index is 1710. The second-order valence-electron chi connectivity index (χ2n) is 12.5. The van der Waals surface area contributed by atoms with E-state index < -0.39 is 0 Å². The van der Waals surface area contributed by atoms with Gasteiger partial charge in [-0.25, -0.2) is 0 Å². The summed E-state index contributed by atoms with van der Waals surface area (Å²) in [4.78, 5) is 7.31. The lowest BCUT2D eigenvalue weighted by Crippen LogP contribution is -2.48. The Morgan fingerprint density at radius 1 is 0.927 bits per heavy atom. The monoisotopic (exact) mass is 542 g/mol. The number of aromatic nitrogens is 3. The number of pyridine rings is 1. The van der Waals surface area contributed by atoms with Crippen molar-refractivity contribution in [2.75, 3.05) is 13.6 Å². The van der Waals surface area contributed by atoms with Crippen molar-refractivity contribution < 1.29 is 9.13 Å². The first-order valence-electron chi connectivity index (χ1n) is 15.0. The van der Waals surface area contributed by atoms with Gasteiger partial charge in [0.25, 0.3) is 6.33 Å². The zero-order chi connectivity index (χ0) is 28.8. The molecule has 0 unspecified atom stereocenters. The fourth-order valence-corrected chi connectivity index (χ4v) is 6.78. The summed E-state index contributed by atoms with van der Waals surface area (Å²) in [5, 5.41) is 1.17. The molecule has 2 aliphatic rings. The molecular weight excluding hydrogens is 500 g/mol. The predicted molar refractivity (Wildman–Crippen MR) is 169 cm³/mol. The summed E-state index contributed by atoms with van der Waals surface area (Å²) in [6.07, 6.45) is 14.4. The number of allylic oxidation sites excluding steroid dienone is 3. The molecule has 2 aromatic heterocycles. The van der Waals surface area contributed by atoms with Gasteiger partial charge in [0.05, 0.1) is 10.8 Å². The van der Waals surface area contributed by atoms with Gasteiger partial charge in [-0.1, -0.05) is 77.1 Å². The fraction of sp³-hybridized carbons (Fsp3) is 0.324. The molecule has 0 bridgehead atoms. The first-order valence-corrected chi connectivity index (χ1v) is 15.0. The van der Waals surface area contributed by atoms with Crippen molar-refractivity contribution in [3.05, 3.63) is 108 Å². The number of nitrogens with zero attached hydrogens (tertiary/aromatic N) is 4. The number of hydrogen-bond acceptors (Lipinski definition) is 2. The summed E-state index contributed by atoms with van der Waals surface area (Å²) in [6, 6.07) is 24.1. The minimum absolute atomic E-state index is 0.0781. The Morgan fingerprint density at radius 3 is 2.44 bits per heavy atom. The van der Waals surface area contributed by atoms with Gasteiger partial charge in [0.15, 0.2) is 23.6 Å². The lowest BCUT2D eigenvalue weighted by Gasteiger charge is -2.31. The van der Waals surface area contributed by atoms with E-state index in [9.17, 15) is 0 Å². The normalized spacial score (nSPS) is 16.6. The quantitative estimate of drug-likeness (QED) is 0.247. The average molecular weight is 543 g/mol. The van der Waals surface area contributed by atoms with E-state index >= 15 is 0 Å². The minimum atomic E-state index is -0.197. The molecular formula is C37H42N4+2. The Morgan fingerprint density at radius 2 is 1.66 bits per heavy atom. The molecule has 4 heteroatoms. The van der Waals surface area contributed by atoms with Crippen LogP contribution < -0.4 is 9.13 Å². The van der Waals surface area contributed by atoms with Gasteiger partial charge < -0.3 is 4.90 Å². The standard InChI is InChI=1S/C37H42N4/c1-7-37(8-2)30-19-11-9-17-28(30)35-29-18-10-12-20-31(29)38-26-40(35)25-34(37)41-23-14-13-21-32(41)33-24-27(36(3,4)5)16-15-22-39(33)6/h9-14,16-21,23-26H,7-8,15,22H2,1-6H3/q+2. The summed E-state index contributed by atoms with van der Waals surface area (Å²) in [5.74, 6) is 0. The van der Waals surface area contributed by atoms with Crippen LogP contribution in [0.2, 0.25) is 0 Å². The summed E-state index contributed by atoms with van der Waals surface area (Å²) >= 11 is 0. The van der Waals surface area contributed by atoms with Crippen LogP contribution in [0.25, 0.3) is 39.8 Å². The van der Waals surface area contributed by atoms with Crippen LogP contribution >= 0.6 is 0 Å². The molecule has 2 aliphatic heterocycles. The third-order valence-electron chi connectivity index (χ3n) is 9.18. The maximum atomic E-state index is 4.89. The zero-order valence-electron chi connectivity index (χ0n) is 25.4.